The molecular weight excluding hydrogens is 358 g/mol. The quantitative estimate of drug-likeness (QED) is 0.500. The summed E-state index contributed by atoms with van der Waals surface area (Å²) in [6.07, 6.45) is -3.33. The lowest BCUT2D eigenvalue weighted by Gasteiger charge is -2.12. The molecule has 0 radical (unpaired) electrons. The van der Waals surface area contributed by atoms with E-state index in [2.05, 4.69) is 9.97 Å². The van der Waals surface area contributed by atoms with Gasteiger partial charge in [-0.25, -0.2) is 9.37 Å². The van der Waals surface area contributed by atoms with Crippen LogP contribution >= 0.6 is 23.4 Å². The molecule has 1 N–H and O–H groups in total. The molecule has 0 fully saturated rings. The van der Waals surface area contributed by atoms with Crippen LogP contribution in [-0.2, 0) is 6.18 Å². The molecule has 2 aromatic rings. The smallest absolute Gasteiger partial charge is 0.300 e. The lowest BCUT2D eigenvalue weighted by molar-refractivity contribution is -0.137. The molecule has 1 heterocycles. The molecule has 1 aromatic heterocycles. The average Bonchev–Trinajstić information content (AvgIpc) is 2.47. The molecule has 1 aromatic carbocycles. The van der Waals surface area contributed by atoms with E-state index in [-0.39, 0.29) is 16.4 Å². The van der Waals surface area contributed by atoms with Crippen LogP contribution in [0.5, 0.6) is 0 Å². The number of hydrogen-bond acceptors (Lipinski definition) is 4. The van der Waals surface area contributed by atoms with Crippen LogP contribution in [0.1, 0.15) is 11.1 Å². The summed E-state index contributed by atoms with van der Waals surface area (Å²) >= 11 is 6.36. The maximum absolute atomic E-state index is 13.7. The summed E-state index contributed by atoms with van der Waals surface area (Å²) in [6.45, 7) is 0. The molecule has 0 aliphatic rings. The van der Waals surface area contributed by atoms with Crippen LogP contribution in [-0.4, -0.2) is 16.2 Å². The third kappa shape index (κ3) is 3.33. The van der Waals surface area contributed by atoms with Gasteiger partial charge in [0.05, 0.1) is 16.3 Å². The molecule has 0 spiro atoms. The number of alkyl halides is 3. The first kappa shape index (κ1) is 17.3. The molecule has 0 saturated carbocycles. The van der Waals surface area contributed by atoms with Crippen molar-refractivity contribution in [2.45, 2.75) is 11.3 Å². The molecule has 0 aliphatic heterocycles. The minimum atomic E-state index is -4.90. The van der Waals surface area contributed by atoms with Gasteiger partial charge in [0.1, 0.15) is 17.4 Å². The summed E-state index contributed by atoms with van der Waals surface area (Å²) in [6, 6.07) is 2.81. The molecule has 0 atom stereocenters. The van der Waals surface area contributed by atoms with Crippen molar-refractivity contribution in [1.82, 2.24) is 9.97 Å². The van der Waals surface area contributed by atoms with Crippen molar-refractivity contribution >= 4 is 23.4 Å². The summed E-state index contributed by atoms with van der Waals surface area (Å²) in [5.74, 6) is -1.33. The Labute approximate surface area is 136 Å². The Balaban J connectivity index is 2.83. The summed E-state index contributed by atoms with van der Waals surface area (Å²) in [5.41, 5.74) is -3.46. The highest BCUT2D eigenvalue weighted by Gasteiger charge is 2.35. The number of aromatic amines is 1. The average molecular weight is 364 g/mol. The zero-order valence-electron chi connectivity index (χ0n) is 11.3. The Morgan fingerprint density at radius 2 is 2.04 bits per heavy atom. The van der Waals surface area contributed by atoms with E-state index in [0.29, 0.717) is 12.1 Å². The van der Waals surface area contributed by atoms with Gasteiger partial charge in [0.15, 0.2) is 5.16 Å². The third-order valence-electron chi connectivity index (χ3n) is 2.81. The summed E-state index contributed by atoms with van der Waals surface area (Å²) < 4.78 is 52.5. The molecule has 10 heteroatoms. The summed E-state index contributed by atoms with van der Waals surface area (Å²) in [4.78, 5) is 18.0. The van der Waals surface area contributed by atoms with E-state index in [1.807, 2.05) is 0 Å². The number of thioether (sulfide) groups is 1. The molecule has 120 valence electrons. The summed E-state index contributed by atoms with van der Waals surface area (Å²) in [5, 5.41) is 8.01. The van der Waals surface area contributed by atoms with Crippen molar-refractivity contribution < 1.29 is 17.6 Å². The fourth-order valence-electron chi connectivity index (χ4n) is 1.79. The van der Waals surface area contributed by atoms with Crippen LogP contribution in [0.4, 0.5) is 17.6 Å². The van der Waals surface area contributed by atoms with Crippen molar-refractivity contribution in [2.24, 2.45) is 0 Å². The van der Waals surface area contributed by atoms with Crippen LogP contribution < -0.4 is 5.56 Å². The molecule has 0 saturated heterocycles. The zero-order valence-corrected chi connectivity index (χ0v) is 12.8. The van der Waals surface area contributed by atoms with Crippen LogP contribution in [0.15, 0.2) is 22.1 Å². The Morgan fingerprint density at radius 1 is 1.39 bits per heavy atom. The minimum Gasteiger partial charge on any atom is -0.300 e. The first-order valence-corrected chi connectivity index (χ1v) is 7.44. The largest absolute Gasteiger partial charge is 0.417 e. The Kier molecular flexibility index (Phi) is 4.68. The van der Waals surface area contributed by atoms with E-state index >= 15 is 0 Å². The normalized spacial score (nSPS) is 11.3. The Morgan fingerprint density at radius 3 is 2.57 bits per heavy atom. The topological polar surface area (TPSA) is 69.5 Å². The highest BCUT2D eigenvalue weighted by Crippen LogP contribution is 2.38. The zero-order chi connectivity index (χ0) is 17.4. The second-order valence-electron chi connectivity index (χ2n) is 4.23. The number of benzene rings is 1. The van der Waals surface area contributed by atoms with E-state index in [9.17, 15) is 22.4 Å². The number of rotatable bonds is 2. The maximum atomic E-state index is 13.7. The number of halogens is 5. The highest BCUT2D eigenvalue weighted by atomic mass is 35.5. The van der Waals surface area contributed by atoms with Crippen molar-refractivity contribution in [3.8, 4) is 17.3 Å². The van der Waals surface area contributed by atoms with Gasteiger partial charge in [0, 0.05) is 5.56 Å². The predicted octanol–water partition coefficient (Wildman–Crippen LogP) is 3.84. The SMILES string of the molecule is CSc1nc(-c2cc(F)c(Cl)c(C(F)(F)F)c2)c(C#N)c(=O)[nH]1. The third-order valence-corrected chi connectivity index (χ3v) is 3.77. The van der Waals surface area contributed by atoms with Crippen molar-refractivity contribution in [2.75, 3.05) is 6.26 Å². The van der Waals surface area contributed by atoms with Crippen molar-refractivity contribution in [3.05, 3.63) is 44.5 Å². The lowest BCUT2D eigenvalue weighted by atomic mass is 10.0. The monoisotopic (exact) mass is 363 g/mol. The van der Waals surface area contributed by atoms with E-state index < -0.39 is 33.7 Å². The minimum absolute atomic E-state index is 0.0768. The molecule has 0 amide bonds. The summed E-state index contributed by atoms with van der Waals surface area (Å²) in [7, 11) is 0. The second-order valence-corrected chi connectivity index (χ2v) is 5.40. The number of hydrogen-bond donors (Lipinski definition) is 1. The molecule has 4 nitrogen and oxygen atoms in total. The molecule has 0 aliphatic carbocycles. The lowest BCUT2D eigenvalue weighted by Crippen LogP contribution is -2.15. The van der Waals surface area contributed by atoms with Gasteiger partial charge in [-0.05, 0) is 18.4 Å². The molecule has 2 rings (SSSR count). The predicted molar refractivity (Wildman–Crippen MR) is 76.8 cm³/mol. The van der Waals surface area contributed by atoms with Crippen LogP contribution in [0.25, 0.3) is 11.3 Å². The van der Waals surface area contributed by atoms with Gasteiger partial charge in [-0.1, -0.05) is 23.4 Å². The van der Waals surface area contributed by atoms with Crippen LogP contribution in [0, 0.1) is 17.1 Å². The Bertz CT molecular complexity index is 873. The van der Waals surface area contributed by atoms with Crippen molar-refractivity contribution in [3.63, 3.8) is 0 Å². The standard InChI is InChI=1S/C13H6ClF4N3OS/c1-23-12-20-10(6(4-19)11(22)21-12)5-2-7(13(16,17)18)9(14)8(15)3-5/h2-3H,1H3,(H,20,21,22). The van der Waals surface area contributed by atoms with Gasteiger partial charge in [-0.2, -0.15) is 18.4 Å². The Hall–Kier alpha value is -2.05. The second kappa shape index (κ2) is 6.22. The molecule has 0 unspecified atom stereocenters. The number of H-pyrrole nitrogens is 1. The number of nitrogens with one attached hydrogen (secondary N) is 1. The number of nitriles is 1. The first-order valence-electron chi connectivity index (χ1n) is 5.84. The van der Waals surface area contributed by atoms with Crippen LogP contribution in [0.3, 0.4) is 0 Å². The van der Waals surface area contributed by atoms with E-state index in [1.165, 1.54) is 0 Å². The van der Waals surface area contributed by atoms with Gasteiger partial charge in [-0.15, -0.1) is 0 Å². The van der Waals surface area contributed by atoms with Gasteiger partial charge < -0.3 is 4.98 Å². The fourth-order valence-corrected chi connectivity index (χ4v) is 2.39. The van der Waals surface area contributed by atoms with Gasteiger partial charge in [0.25, 0.3) is 5.56 Å². The number of nitrogens with zero attached hydrogens (tertiary/aromatic N) is 2. The van der Waals surface area contributed by atoms with Gasteiger partial charge in [0.2, 0.25) is 0 Å². The van der Waals surface area contributed by atoms with Crippen molar-refractivity contribution in [1.29, 1.82) is 5.26 Å². The maximum Gasteiger partial charge on any atom is 0.417 e. The van der Waals surface area contributed by atoms with Gasteiger partial charge >= 0.3 is 6.18 Å². The molecule has 0 bridgehead atoms. The van der Waals surface area contributed by atoms with Gasteiger partial charge in [-0.3, -0.25) is 4.79 Å². The highest BCUT2D eigenvalue weighted by molar-refractivity contribution is 7.98. The fraction of sp³-hybridized carbons (Fsp3) is 0.154. The number of aromatic nitrogens is 2. The molecule has 23 heavy (non-hydrogen) atoms. The van der Waals surface area contributed by atoms with Crippen LogP contribution in [0.2, 0.25) is 5.02 Å². The molecular formula is C13H6ClF4N3OS. The van der Waals surface area contributed by atoms with E-state index in [1.54, 1.807) is 12.3 Å². The van der Waals surface area contributed by atoms with E-state index in [0.717, 1.165) is 11.8 Å². The first-order chi connectivity index (χ1) is 10.7. The van der Waals surface area contributed by atoms with E-state index in [4.69, 9.17) is 16.9 Å².